The van der Waals surface area contributed by atoms with E-state index in [1.807, 2.05) is 13.0 Å². The van der Waals surface area contributed by atoms with E-state index in [-0.39, 0.29) is 12.2 Å². The van der Waals surface area contributed by atoms with Crippen LogP contribution in [-0.4, -0.2) is 28.1 Å². The molecule has 0 aromatic carbocycles. The number of hydrogen-bond donors (Lipinski definition) is 0. The summed E-state index contributed by atoms with van der Waals surface area (Å²) in [5.41, 5.74) is 1.77. The molecule has 0 saturated carbocycles. The molecular weight excluding hydrogens is 272 g/mol. The first-order valence-electron chi connectivity index (χ1n) is 6.91. The lowest BCUT2D eigenvalue weighted by Crippen LogP contribution is -2.23. The second-order valence-electron chi connectivity index (χ2n) is 5.13. The molecule has 0 aliphatic carbocycles. The van der Waals surface area contributed by atoms with Crippen molar-refractivity contribution in [2.24, 2.45) is 0 Å². The second kappa shape index (κ2) is 5.65. The lowest BCUT2D eigenvalue weighted by Gasteiger charge is -2.09. The van der Waals surface area contributed by atoms with Crippen LogP contribution in [0.5, 0.6) is 0 Å². The zero-order valence-corrected chi connectivity index (χ0v) is 11.7. The fraction of sp³-hybridized carbons (Fsp3) is 0.400. The van der Waals surface area contributed by atoms with Gasteiger partial charge in [-0.3, -0.25) is 9.20 Å². The normalized spacial score (nSPS) is 18.0. The van der Waals surface area contributed by atoms with Crippen molar-refractivity contribution < 1.29 is 14.3 Å². The Morgan fingerprint density at radius 2 is 2.38 bits per heavy atom. The minimum atomic E-state index is -0.478. The van der Waals surface area contributed by atoms with Gasteiger partial charge in [-0.05, 0) is 31.4 Å². The molecule has 6 nitrogen and oxygen atoms in total. The first kappa shape index (κ1) is 13.8. The fourth-order valence-electron chi connectivity index (χ4n) is 2.33. The van der Waals surface area contributed by atoms with E-state index in [2.05, 4.69) is 4.98 Å². The smallest absolute Gasteiger partial charge is 0.335 e. The molecule has 6 heteroatoms. The molecule has 1 aliphatic rings. The molecule has 0 unspecified atom stereocenters. The van der Waals surface area contributed by atoms with Gasteiger partial charge in [0, 0.05) is 18.9 Å². The number of aryl methyl sites for hydroxylation is 1. The molecule has 0 amide bonds. The van der Waals surface area contributed by atoms with Gasteiger partial charge in [-0.25, -0.2) is 9.78 Å². The lowest BCUT2D eigenvalue weighted by molar-refractivity contribution is -0.155. The zero-order valence-electron chi connectivity index (χ0n) is 11.7. The average Bonchev–Trinajstić information content (AvgIpc) is 3.00. The fourth-order valence-corrected chi connectivity index (χ4v) is 2.33. The van der Waals surface area contributed by atoms with E-state index in [1.54, 1.807) is 12.3 Å². The summed E-state index contributed by atoms with van der Waals surface area (Å²) >= 11 is 0. The quantitative estimate of drug-likeness (QED) is 0.794. The highest BCUT2D eigenvalue weighted by atomic mass is 16.6. The number of fused-ring (bicyclic) bond motifs is 1. The molecule has 0 N–H and O–H groups in total. The molecule has 0 bridgehead atoms. The van der Waals surface area contributed by atoms with Crippen molar-refractivity contribution in [2.45, 2.75) is 32.5 Å². The molecule has 110 valence electrons. The van der Waals surface area contributed by atoms with Crippen LogP contribution in [0.15, 0.2) is 29.2 Å². The lowest BCUT2D eigenvalue weighted by atomic mass is 10.2. The molecule has 0 spiro atoms. The Morgan fingerprint density at radius 3 is 3.14 bits per heavy atom. The van der Waals surface area contributed by atoms with E-state index < -0.39 is 12.1 Å². The van der Waals surface area contributed by atoms with Crippen LogP contribution in [0.3, 0.4) is 0 Å². The molecule has 3 heterocycles. The van der Waals surface area contributed by atoms with E-state index in [1.165, 1.54) is 10.5 Å². The van der Waals surface area contributed by atoms with Crippen molar-refractivity contribution in [2.75, 3.05) is 6.61 Å². The minimum Gasteiger partial charge on any atom is -0.457 e. The van der Waals surface area contributed by atoms with Gasteiger partial charge in [0.05, 0.1) is 5.69 Å². The Balaban J connectivity index is 1.76. The Labute approximate surface area is 121 Å². The monoisotopic (exact) mass is 288 g/mol. The summed E-state index contributed by atoms with van der Waals surface area (Å²) in [6.07, 6.45) is 2.81. The maximum Gasteiger partial charge on any atom is 0.335 e. The predicted octanol–water partition coefficient (Wildman–Crippen LogP) is 1.23. The van der Waals surface area contributed by atoms with Crippen molar-refractivity contribution in [3.63, 3.8) is 0 Å². The van der Waals surface area contributed by atoms with Crippen LogP contribution in [-0.2, 0) is 20.9 Å². The molecule has 3 rings (SSSR count). The Morgan fingerprint density at radius 1 is 1.52 bits per heavy atom. The van der Waals surface area contributed by atoms with Crippen molar-refractivity contribution in [1.82, 2.24) is 9.38 Å². The summed E-state index contributed by atoms with van der Waals surface area (Å²) in [6, 6.07) is 5.03. The number of carbonyl (C=O) groups is 1. The summed E-state index contributed by atoms with van der Waals surface area (Å²) < 4.78 is 11.9. The van der Waals surface area contributed by atoms with Gasteiger partial charge in [0.15, 0.2) is 6.10 Å². The van der Waals surface area contributed by atoms with E-state index in [9.17, 15) is 9.59 Å². The first-order valence-corrected chi connectivity index (χ1v) is 6.91. The van der Waals surface area contributed by atoms with Crippen molar-refractivity contribution in [1.29, 1.82) is 0 Å². The number of carbonyl (C=O) groups excluding carboxylic acids is 1. The topological polar surface area (TPSA) is 69.9 Å². The number of nitrogens with zero attached hydrogens (tertiary/aromatic N) is 2. The van der Waals surface area contributed by atoms with Gasteiger partial charge in [0.25, 0.3) is 5.56 Å². The number of pyridine rings is 1. The molecule has 1 atom stereocenters. The predicted molar refractivity (Wildman–Crippen MR) is 75.0 cm³/mol. The van der Waals surface area contributed by atoms with Gasteiger partial charge in [0.1, 0.15) is 12.3 Å². The Hall–Kier alpha value is -2.21. The van der Waals surface area contributed by atoms with Crippen LogP contribution in [0, 0.1) is 6.92 Å². The molecule has 2 aromatic heterocycles. The van der Waals surface area contributed by atoms with Crippen LogP contribution < -0.4 is 5.56 Å². The number of rotatable bonds is 3. The van der Waals surface area contributed by atoms with Gasteiger partial charge in [-0.1, -0.05) is 6.07 Å². The molecular formula is C15H16N2O4. The molecule has 21 heavy (non-hydrogen) atoms. The van der Waals surface area contributed by atoms with E-state index in [0.717, 1.165) is 12.0 Å². The first-order chi connectivity index (χ1) is 10.1. The van der Waals surface area contributed by atoms with Crippen LogP contribution in [0.25, 0.3) is 5.65 Å². The number of aromatic nitrogens is 2. The summed E-state index contributed by atoms with van der Waals surface area (Å²) in [5.74, 6) is -0.390. The Bertz CT molecular complexity index is 732. The largest absolute Gasteiger partial charge is 0.457 e. The van der Waals surface area contributed by atoms with Gasteiger partial charge in [-0.2, -0.15) is 0 Å². The summed E-state index contributed by atoms with van der Waals surface area (Å²) in [7, 11) is 0. The van der Waals surface area contributed by atoms with Gasteiger partial charge < -0.3 is 9.47 Å². The number of ether oxygens (including phenoxy) is 2. The molecule has 2 aromatic rings. The van der Waals surface area contributed by atoms with Gasteiger partial charge in [0.2, 0.25) is 0 Å². The standard InChI is InChI=1S/C15H16N2O4/c1-10-4-5-13-16-11(7-14(18)17(13)8-10)9-21-15(19)12-3-2-6-20-12/h4-5,7-8,12H,2-3,6,9H2,1H3/t12-/m1/s1. The van der Waals surface area contributed by atoms with Crippen LogP contribution in [0.2, 0.25) is 0 Å². The van der Waals surface area contributed by atoms with Gasteiger partial charge in [-0.15, -0.1) is 0 Å². The molecule has 1 saturated heterocycles. The van der Waals surface area contributed by atoms with Crippen molar-refractivity contribution >= 4 is 11.6 Å². The minimum absolute atomic E-state index is 0.0156. The molecule has 1 aliphatic heterocycles. The highest BCUT2D eigenvalue weighted by Gasteiger charge is 2.25. The number of esters is 1. The van der Waals surface area contributed by atoms with Gasteiger partial charge >= 0.3 is 5.97 Å². The average molecular weight is 288 g/mol. The molecule has 0 radical (unpaired) electrons. The second-order valence-corrected chi connectivity index (χ2v) is 5.13. The van der Waals surface area contributed by atoms with E-state index >= 15 is 0 Å². The van der Waals surface area contributed by atoms with Crippen molar-refractivity contribution in [3.8, 4) is 0 Å². The third-order valence-corrected chi connectivity index (χ3v) is 3.42. The van der Waals surface area contributed by atoms with Crippen LogP contribution in [0.4, 0.5) is 0 Å². The third-order valence-electron chi connectivity index (χ3n) is 3.42. The Kier molecular flexibility index (Phi) is 3.70. The summed E-state index contributed by atoms with van der Waals surface area (Å²) in [6.45, 7) is 2.48. The maximum absolute atomic E-state index is 12.0. The van der Waals surface area contributed by atoms with E-state index in [4.69, 9.17) is 9.47 Å². The number of hydrogen-bond acceptors (Lipinski definition) is 5. The maximum atomic E-state index is 12.0. The zero-order chi connectivity index (χ0) is 14.8. The van der Waals surface area contributed by atoms with Crippen LogP contribution >= 0.6 is 0 Å². The molecule has 1 fully saturated rings. The summed E-state index contributed by atoms with van der Waals surface area (Å²) in [4.78, 5) is 28.1. The SMILES string of the molecule is Cc1ccc2nc(COC(=O)[C@H]3CCCO3)cc(=O)n2c1. The van der Waals surface area contributed by atoms with Crippen molar-refractivity contribution in [3.05, 3.63) is 46.0 Å². The van der Waals surface area contributed by atoms with Crippen LogP contribution in [0.1, 0.15) is 24.1 Å². The highest BCUT2D eigenvalue weighted by molar-refractivity contribution is 5.74. The highest BCUT2D eigenvalue weighted by Crippen LogP contribution is 2.14. The summed E-state index contributed by atoms with van der Waals surface area (Å²) in [5, 5.41) is 0. The third kappa shape index (κ3) is 2.95. The van der Waals surface area contributed by atoms with E-state index in [0.29, 0.717) is 24.4 Å².